The highest BCUT2D eigenvalue weighted by Crippen LogP contribution is 2.45. The maximum absolute atomic E-state index is 13.2. The lowest BCUT2D eigenvalue weighted by Crippen LogP contribution is -2.65. The van der Waals surface area contributed by atoms with Crippen LogP contribution in [-0.2, 0) is 4.74 Å². The minimum absolute atomic E-state index is 0.0159. The molecular weight excluding hydrogens is 329 g/mol. The molecule has 124 valence electrons. The molecule has 0 aromatic heterocycles. The predicted octanol–water partition coefficient (Wildman–Crippen LogP) is -0.733. The topological polar surface area (TPSA) is 102 Å². The van der Waals surface area contributed by atoms with Crippen molar-refractivity contribution in [3.8, 4) is 0 Å². The van der Waals surface area contributed by atoms with Crippen LogP contribution < -0.4 is 5.32 Å². The number of nitrogens with one attached hydrogen (secondary N) is 1. The normalized spacial score (nSPS) is 36.1. The molecular formula is C11H13F3N2O5S. The van der Waals surface area contributed by atoms with E-state index >= 15 is 0 Å². The number of nitrogens with zero attached hydrogens (tertiary/aromatic N) is 1. The van der Waals surface area contributed by atoms with Crippen LogP contribution in [0.3, 0.4) is 0 Å². The second kappa shape index (κ2) is 5.74. The van der Waals surface area contributed by atoms with E-state index in [1.165, 1.54) is 0 Å². The van der Waals surface area contributed by atoms with E-state index in [-0.39, 0.29) is 6.54 Å². The SMILES string of the molecule is O=C1NCC(C=S)=CN1C1OC(CO)C(O)C1(O)C(F)(F)F. The number of urea groups is 1. The smallest absolute Gasteiger partial charge is 0.394 e. The second-order valence-electron chi connectivity index (χ2n) is 4.87. The molecule has 0 bridgehead atoms. The summed E-state index contributed by atoms with van der Waals surface area (Å²) in [7, 11) is 0. The van der Waals surface area contributed by atoms with Gasteiger partial charge in [0.2, 0.25) is 5.60 Å². The zero-order chi connectivity index (χ0) is 16.7. The van der Waals surface area contributed by atoms with Crippen molar-refractivity contribution in [3.63, 3.8) is 0 Å². The van der Waals surface area contributed by atoms with Crippen LogP contribution in [-0.4, -0.2) is 75.0 Å². The zero-order valence-electron chi connectivity index (χ0n) is 10.9. The quantitative estimate of drug-likeness (QED) is 0.504. The number of hydrogen-bond acceptors (Lipinski definition) is 6. The Morgan fingerprint density at radius 1 is 1.59 bits per heavy atom. The van der Waals surface area contributed by atoms with Gasteiger partial charge in [-0.15, -0.1) is 0 Å². The molecule has 4 atom stereocenters. The van der Waals surface area contributed by atoms with Gasteiger partial charge in [0, 0.05) is 18.1 Å². The Morgan fingerprint density at radius 2 is 2.23 bits per heavy atom. The molecule has 22 heavy (non-hydrogen) atoms. The van der Waals surface area contributed by atoms with Gasteiger partial charge in [-0.05, 0) is 5.57 Å². The summed E-state index contributed by atoms with van der Waals surface area (Å²) in [5.41, 5.74) is -3.44. The standard InChI is InChI=1S/C11H13F3N2O5S/c12-11(13,14)10(20)7(18)6(3-17)21-8(10)16-2-5(4-22)1-15-9(16)19/h2,4,6-8,17-18,20H,1,3H2,(H,15,19). The number of alkyl halides is 3. The first kappa shape index (κ1) is 17.1. The van der Waals surface area contributed by atoms with E-state index in [2.05, 4.69) is 17.5 Å². The highest BCUT2D eigenvalue weighted by Gasteiger charge is 2.71. The fraction of sp³-hybridized carbons (Fsp3) is 0.636. The van der Waals surface area contributed by atoms with Gasteiger partial charge >= 0.3 is 12.2 Å². The number of ether oxygens (including phenoxy) is 1. The molecule has 2 heterocycles. The van der Waals surface area contributed by atoms with Gasteiger partial charge in [0.1, 0.15) is 12.2 Å². The van der Waals surface area contributed by atoms with Crippen molar-refractivity contribution in [3.05, 3.63) is 11.8 Å². The molecule has 0 spiro atoms. The van der Waals surface area contributed by atoms with E-state index in [1.807, 2.05) is 0 Å². The number of carbonyl (C=O) groups is 1. The van der Waals surface area contributed by atoms with Crippen molar-refractivity contribution in [1.82, 2.24) is 10.2 Å². The number of rotatable bonds is 3. The van der Waals surface area contributed by atoms with Gasteiger partial charge in [-0.2, -0.15) is 13.2 Å². The van der Waals surface area contributed by atoms with Crippen LogP contribution in [0.25, 0.3) is 0 Å². The molecule has 0 aromatic carbocycles. The van der Waals surface area contributed by atoms with Gasteiger partial charge in [-0.1, -0.05) is 12.2 Å². The summed E-state index contributed by atoms with van der Waals surface area (Å²) in [6, 6.07) is -0.959. The number of aliphatic hydroxyl groups excluding tert-OH is 2. The Bertz CT molecular complexity index is 514. The van der Waals surface area contributed by atoms with Crippen LogP contribution >= 0.6 is 12.2 Å². The molecule has 0 aliphatic carbocycles. The third-order valence-electron chi connectivity index (χ3n) is 3.50. The van der Waals surface area contributed by atoms with Gasteiger partial charge in [0.15, 0.2) is 6.23 Å². The second-order valence-corrected chi connectivity index (χ2v) is 5.10. The maximum Gasteiger partial charge on any atom is 0.424 e. The number of carbonyl (C=O) groups excluding carboxylic acids is 1. The minimum atomic E-state index is -5.30. The minimum Gasteiger partial charge on any atom is -0.394 e. The van der Waals surface area contributed by atoms with E-state index in [1.54, 1.807) is 0 Å². The molecule has 1 fully saturated rings. The van der Waals surface area contributed by atoms with E-state index < -0.39 is 42.9 Å². The predicted molar refractivity (Wildman–Crippen MR) is 69.7 cm³/mol. The molecule has 0 aromatic rings. The van der Waals surface area contributed by atoms with Crippen LogP contribution in [0, 0.1) is 0 Å². The van der Waals surface area contributed by atoms with E-state index in [0.29, 0.717) is 10.5 Å². The van der Waals surface area contributed by atoms with Gasteiger partial charge < -0.3 is 25.4 Å². The van der Waals surface area contributed by atoms with E-state index in [9.17, 15) is 28.2 Å². The van der Waals surface area contributed by atoms with E-state index in [0.717, 1.165) is 11.6 Å². The van der Waals surface area contributed by atoms with E-state index in [4.69, 9.17) is 9.84 Å². The average molecular weight is 342 g/mol. The van der Waals surface area contributed by atoms with Gasteiger partial charge in [0.25, 0.3) is 0 Å². The summed E-state index contributed by atoms with van der Waals surface area (Å²) in [5.74, 6) is 0. The van der Waals surface area contributed by atoms with Crippen LogP contribution in [0.2, 0.25) is 0 Å². The monoisotopic (exact) mass is 342 g/mol. The Balaban J connectivity index is 2.47. The summed E-state index contributed by atoms with van der Waals surface area (Å²) in [6.07, 6.45) is -10.7. The molecule has 2 amide bonds. The molecule has 4 N–H and O–H groups in total. The first-order chi connectivity index (χ1) is 10.2. The van der Waals surface area contributed by atoms with Crippen LogP contribution in [0.4, 0.5) is 18.0 Å². The van der Waals surface area contributed by atoms with Crippen molar-refractivity contribution >= 4 is 23.6 Å². The molecule has 0 saturated carbocycles. The largest absolute Gasteiger partial charge is 0.424 e. The summed E-state index contributed by atoms with van der Waals surface area (Å²) in [6.45, 7) is -0.947. The Labute approximate surface area is 128 Å². The molecule has 0 radical (unpaired) electrons. The molecule has 11 heteroatoms. The highest BCUT2D eigenvalue weighted by molar-refractivity contribution is 7.79. The lowest BCUT2D eigenvalue weighted by atomic mass is 9.92. The molecule has 7 nitrogen and oxygen atoms in total. The number of hydrogen-bond donors (Lipinski definition) is 4. The summed E-state index contributed by atoms with van der Waals surface area (Å²) in [5, 5.41) is 32.1. The molecule has 4 unspecified atom stereocenters. The summed E-state index contributed by atoms with van der Waals surface area (Å²) >= 11 is 4.65. The van der Waals surface area contributed by atoms with Crippen molar-refractivity contribution < 1.29 is 38.0 Å². The van der Waals surface area contributed by atoms with Crippen molar-refractivity contribution in [2.45, 2.75) is 30.2 Å². The summed E-state index contributed by atoms with van der Waals surface area (Å²) in [4.78, 5) is 12.2. The van der Waals surface area contributed by atoms with Crippen LogP contribution in [0.1, 0.15) is 0 Å². The highest BCUT2D eigenvalue weighted by atomic mass is 32.1. The Morgan fingerprint density at radius 3 is 2.73 bits per heavy atom. The first-order valence-corrected chi connectivity index (χ1v) is 6.59. The van der Waals surface area contributed by atoms with Gasteiger partial charge in [-0.3, -0.25) is 4.90 Å². The van der Waals surface area contributed by atoms with Crippen molar-refractivity contribution in [2.24, 2.45) is 0 Å². The maximum atomic E-state index is 13.2. The van der Waals surface area contributed by atoms with Gasteiger partial charge in [0.05, 0.1) is 6.61 Å². The van der Waals surface area contributed by atoms with Crippen molar-refractivity contribution in [2.75, 3.05) is 13.2 Å². The molecule has 1 saturated heterocycles. The third-order valence-corrected chi connectivity index (χ3v) is 3.81. The number of thiocarbonyl (C=S) groups is 1. The zero-order valence-corrected chi connectivity index (χ0v) is 11.8. The first-order valence-electron chi connectivity index (χ1n) is 6.12. The molecule has 2 aliphatic heterocycles. The Hall–Kier alpha value is -1.27. The molecule has 2 aliphatic rings. The average Bonchev–Trinajstić information content (AvgIpc) is 2.72. The Kier molecular flexibility index (Phi) is 4.46. The van der Waals surface area contributed by atoms with Crippen LogP contribution in [0.15, 0.2) is 11.8 Å². The number of aliphatic hydroxyl groups is 3. The van der Waals surface area contributed by atoms with Crippen molar-refractivity contribution in [1.29, 1.82) is 0 Å². The third kappa shape index (κ3) is 2.48. The van der Waals surface area contributed by atoms with Crippen LogP contribution in [0.5, 0.6) is 0 Å². The lowest BCUT2D eigenvalue weighted by Gasteiger charge is -2.38. The number of amides is 2. The summed E-state index contributed by atoms with van der Waals surface area (Å²) < 4.78 is 44.6. The fourth-order valence-corrected chi connectivity index (χ4v) is 2.44. The van der Waals surface area contributed by atoms with Gasteiger partial charge in [-0.25, -0.2) is 4.79 Å². The molecule has 2 rings (SSSR count). The number of halogens is 3. The lowest BCUT2D eigenvalue weighted by molar-refractivity contribution is -0.303. The fourth-order valence-electron chi connectivity index (χ4n) is 2.30.